The lowest BCUT2D eigenvalue weighted by molar-refractivity contribution is 0.0525. The number of benzene rings is 1. The molecule has 0 unspecified atom stereocenters. The molecule has 0 aliphatic heterocycles. The first-order valence-corrected chi connectivity index (χ1v) is 7.37. The van der Waals surface area contributed by atoms with Gasteiger partial charge in [0, 0.05) is 24.2 Å². The van der Waals surface area contributed by atoms with E-state index in [0.717, 1.165) is 16.3 Å². The van der Waals surface area contributed by atoms with Crippen LogP contribution in [0.4, 0.5) is 10.5 Å². The zero-order chi connectivity index (χ0) is 15.9. The van der Waals surface area contributed by atoms with E-state index in [1.54, 1.807) is 0 Å². The van der Waals surface area contributed by atoms with Crippen molar-refractivity contribution in [3.8, 4) is 5.75 Å². The van der Waals surface area contributed by atoms with Gasteiger partial charge in [0.2, 0.25) is 0 Å². The highest BCUT2D eigenvalue weighted by Crippen LogP contribution is 2.24. The Bertz CT molecular complexity index is 472. The molecule has 0 aliphatic rings. The van der Waals surface area contributed by atoms with E-state index < -0.39 is 11.7 Å². The van der Waals surface area contributed by atoms with Gasteiger partial charge in [0.05, 0.1) is 6.61 Å². The molecule has 1 aromatic rings. The van der Waals surface area contributed by atoms with E-state index in [4.69, 9.17) is 9.47 Å². The molecule has 5 nitrogen and oxygen atoms in total. The Kier molecular flexibility index (Phi) is 6.68. The van der Waals surface area contributed by atoms with Crippen LogP contribution in [0.5, 0.6) is 5.75 Å². The summed E-state index contributed by atoms with van der Waals surface area (Å²) in [4.78, 5) is 12.3. The molecule has 0 aliphatic carbocycles. The molecule has 1 rings (SSSR count). The number of nitrogens with one attached hydrogen (secondary N) is 2. The van der Waals surface area contributed by atoms with Crippen molar-refractivity contribution in [2.75, 3.05) is 25.5 Å². The number of hydrogen-bond acceptors (Lipinski definition) is 5. The summed E-state index contributed by atoms with van der Waals surface area (Å²) < 4.78 is 10.7. The van der Waals surface area contributed by atoms with Crippen LogP contribution in [0.25, 0.3) is 0 Å². The molecular formula is C15H24N2O3S. The number of amides is 1. The highest BCUT2D eigenvalue weighted by molar-refractivity contribution is 7.80. The van der Waals surface area contributed by atoms with Gasteiger partial charge in [0.15, 0.2) is 0 Å². The SMILES string of the molecule is CNc1ccc(OCCCNC(=O)OC(C)(C)C)cc1S. The third kappa shape index (κ3) is 7.13. The van der Waals surface area contributed by atoms with Gasteiger partial charge in [0.1, 0.15) is 11.4 Å². The lowest BCUT2D eigenvalue weighted by Crippen LogP contribution is -2.33. The van der Waals surface area contributed by atoms with Gasteiger partial charge in [-0.25, -0.2) is 4.79 Å². The van der Waals surface area contributed by atoms with Crippen LogP contribution in [0.2, 0.25) is 0 Å². The monoisotopic (exact) mass is 312 g/mol. The van der Waals surface area contributed by atoms with Crippen molar-refractivity contribution >= 4 is 24.4 Å². The molecule has 0 fully saturated rings. The predicted octanol–water partition coefficient (Wildman–Crippen LogP) is 3.31. The lowest BCUT2D eigenvalue weighted by atomic mass is 10.2. The van der Waals surface area contributed by atoms with E-state index in [-0.39, 0.29) is 0 Å². The number of carbonyl (C=O) groups is 1. The van der Waals surface area contributed by atoms with Gasteiger partial charge in [-0.3, -0.25) is 0 Å². The van der Waals surface area contributed by atoms with Crippen LogP contribution in [0.15, 0.2) is 23.1 Å². The number of rotatable bonds is 6. The van der Waals surface area contributed by atoms with Crippen LogP contribution in [0.1, 0.15) is 27.2 Å². The van der Waals surface area contributed by atoms with Gasteiger partial charge in [-0.2, -0.15) is 0 Å². The minimum atomic E-state index is -0.474. The van der Waals surface area contributed by atoms with E-state index >= 15 is 0 Å². The maximum absolute atomic E-state index is 11.4. The summed E-state index contributed by atoms with van der Waals surface area (Å²) in [6, 6.07) is 5.65. The summed E-state index contributed by atoms with van der Waals surface area (Å²) in [6.45, 7) is 6.53. The highest BCUT2D eigenvalue weighted by Gasteiger charge is 2.15. The summed E-state index contributed by atoms with van der Waals surface area (Å²) in [5.41, 5.74) is 0.482. The van der Waals surface area contributed by atoms with E-state index in [1.807, 2.05) is 46.0 Å². The van der Waals surface area contributed by atoms with Crippen molar-refractivity contribution in [1.29, 1.82) is 0 Å². The molecule has 21 heavy (non-hydrogen) atoms. The Balaban J connectivity index is 2.23. The molecule has 1 amide bonds. The molecule has 0 radical (unpaired) electrons. The molecule has 0 spiro atoms. The number of alkyl carbamates (subject to hydrolysis) is 1. The molecule has 0 saturated carbocycles. The zero-order valence-electron chi connectivity index (χ0n) is 13.0. The van der Waals surface area contributed by atoms with Crippen molar-refractivity contribution in [3.05, 3.63) is 18.2 Å². The highest BCUT2D eigenvalue weighted by atomic mass is 32.1. The molecule has 0 heterocycles. The maximum Gasteiger partial charge on any atom is 0.407 e. The molecule has 118 valence electrons. The molecule has 0 atom stereocenters. The quantitative estimate of drug-likeness (QED) is 0.557. The average molecular weight is 312 g/mol. The largest absolute Gasteiger partial charge is 0.493 e. The molecule has 0 bridgehead atoms. The van der Waals surface area contributed by atoms with Crippen molar-refractivity contribution in [1.82, 2.24) is 5.32 Å². The first-order chi connectivity index (χ1) is 9.81. The Morgan fingerprint density at radius 2 is 2.05 bits per heavy atom. The lowest BCUT2D eigenvalue weighted by Gasteiger charge is -2.19. The van der Waals surface area contributed by atoms with Crippen molar-refractivity contribution in [2.24, 2.45) is 0 Å². The minimum absolute atomic E-state index is 0.404. The normalized spacial score (nSPS) is 10.9. The predicted molar refractivity (Wildman–Crippen MR) is 87.6 cm³/mol. The number of ether oxygens (including phenoxy) is 2. The summed E-state index contributed by atoms with van der Waals surface area (Å²) in [5.74, 6) is 0.760. The summed E-state index contributed by atoms with van der Waals surface area (Å²) in [7, 11) is 1.85. The number of anilines is 1. The van der Waals surface area contributed by atoms with Gasteiger partial charge >= 0.3 is 6.09 Å². The fourth-order valence-electron chi connectivity index (χ4n) is 1.58. The fraction of sp³-hybridized carbons (Fsp3) is 0.533. The van der Waals surface area contributed by atoms with Gasteiger partial charge < -0.3 is 20.1 Å². The summed E-state index contributed by atoms with van der Waals surface area (Å²) in [6.07, 6.45) is 0.299. The van der Waals surface area contributed by atoms with E-state index in [9.17, 15) is 4.79 Å². The van der Waals surface area contributed by atoms with Crippen LogP contribution in [-0.4, -0.2) is 31.9 Å². The van der Waals surface area contributed by atoms with E-state index in [2.05, 4.69) is 23.3 Å². The molecule has 6 heteroatoms. The molecule has 2 N–H and O–H groups in total. The van der Waals surface area contributed by atoms with Crippen LogP contribution in [0, 0.1) is 0 Å². The Morgan fingerprint density at radius 1 is 1.33 bits per heavy atom. The smallest absolute Gasteiger partial charge is 0.407 e. The summed E-state index contributed by atoms with van der Waals surface area (Å²) >= 11 is 4.36. The second-order valence-electron chi connectivity index (χ2n) is 5.56. The molecular weight excluding hydrogens is 288 g/mol. The maximum atomic E-state index is 11.4. The number of thiol groups is 1. The van der Waals surface area contributed by atoms with Crippen LogP contribution in [-0.2, 0) is 4.74 Å². The Labute approximate surface area is 131 Å². The first-order valence-electron chi connectivity index (χ1n) is 6.92. The number of hydrogen-bond donors (Lipinski definition) is 3. The van der Waals surface area contributed by atoms with Gasteiger partial charge in [-0.15, -0.1) is 12.6 Å². The molecule has 0 saturated heterocycles. The first kappa shape index (κ1) is 17.5. The van der Waals surface area contributed by atoms with Gasteiger partial charge in [-0.1, -0.05) is 0 Å². The average Bonchev–Trinajstić information content (AvgIpc) is 2.36. The fourth-order valence-corrected chi connectivity index (χ4v) is 1.89. The zero-order valence-corrected chi connectivity index (χ0v) is 13.9. The second-order valence-corrected chi connectivity index (χ2v) is 6.04. The van der Waals surface area contributed by atoms with E-state index in [1.165, 1.54) is 0 Å². The topological polar surface area (TPSA) is 59.6 Å². The third-order valence-corrected chi connectivity index (χ3v) is 2.87. The second kappa shape index (κ2) is 8.02. The third-order valence-electron chi connectivity index (χ3n) is 2.50. The Morgan fingerprint density at radius 3 is 2.62 bits per heavy atom. The van der Waals surface area contributed by atoms with Crippen LogP contribution < -0.4 is 15.4 Å². The van der Waals surface area contributed by atoms with E-state index in [0.29, 0.717) is 19.6 Å². The Hall–Kier alpha value is -1.56. The standard InChI is InChI=1S/C15H24N2O3S/c1-15(2,3)20-14(18)17-8-5-9-19-11-6-7-12(16-4)13(21)10-11/h6-7,10,16,21H,5,8-9H2,1-4H3,(H,17,18). The van der Waals surface area contributed by atoms with Crippen LogP contribution in [0.3, 0.4) is 0 Å². The van der Waals surface area contributed by atoms with Crippen molar-refractivity contribution in [3.63, 3.8) is 0 Å². The van der Waals surface area contributed by atoms with Crippen molar-refractivity contribution in [2.45, 2.75) is 37.7 Å². The van der Waals surface area contributed by atoms with Crippen molar-refractivity contribution < 1.29 is 14.3 Å². The molecule has 0 aromatic heterocycles. The van der Waals surface area contributed by atoms with Gasteiger partial charge in [-0.05, 0) is 45.4 Å². The summed E-state index contributed by atoms with van der Waals surface area (Å²) in [5, 5.41) is 5.73. The van der Waals surface area contributed by atoms with Crippen LogP contribution >= 0.6 is 12.6 Å². The molecule has 1 aromatic carbocycles. The van der Waals surface area contributed by atoms with Gasteiger partial charge in [0.25, 0.3) is 0 Å². The minimum Gasteiger partial charge on any atom is -0.493 e. The number of carbonyl (C=O) groups excluding carboxylic acids is 1.